The molecule has 0 spiro atoms. The highest BCUT2D eigenvalue weighted by molar-refractivity contribution is 9.10. The molecule has 1 aliphatic rings. The first-order chi connectivity index (χ1) is 15.7. The zero-order valence-corrected chi connectivity index (χ0v) is 19.0. The van der Waals surface area contributed by atoms with Crippen LogP contribution in [0.3, 0.4) is 0 Å². The number of ether oxygens (including phenoxy) is 1. The number of nitro benzene ring substituents is 1. The summed E-state index contributed by atoms with van der Waals surface area (Å²) in [4.78, 5) is 23.4. The zero-order chi connectivity index (χ0) is 23.7. The van der Waals surface area contributed by atoms with E-state index in [1.807, 2.05) is 19.1 Å². The maximum Gasteiger partial charge on any atom is 0.283 e. The molecule has 172 valence electrons. The van der Waals surface area contributed by atoms with E-state index in [-0.39, 0.29) is 34.1 Å². The molecule has 0 radical (unpaired) electrons. The van der Waals surface area contributed by atoms with Gasteiger partial charge in [-0.1, -0.05) is 17.7 Å². The monoisotopic (exact) mass is 520 g/mol. The predicted molar refractivity (Wildman–Crippen MR) is 120 cm³/mol. The zero-order valence-electron chi connectivity index (χ0n) is 17.4. The third kappa shape index (κ3) is 5.36. The van der Waals surface area contributed by atoms with Crippen LogP contribution in [0.4, 0.5) is 20.2 Å². The number of aromatic nitrogens is 2. The van der Waals surface area contributed by atoms with Crippen LogP contribution in [0.25, 0.3) is 0 Å². The molecule has 1 aliphatic carbocycles. The second-order valence-corrected chi connectivity index (χ2v) is 8.55. The summed E-state index contributed by atoms with van der Waals surface area (Å²) in [7, 11) is 0. The van der Waals surface area contributed by atoms with Crippen LogP contribution in [0.5, 0.6) is 11.5 Å². The van der Waals surface area contributed by atoms with Crippen molar-refractivity contribution in [2.75, 3.05) is 5.32 Å². The summed E-state index contributed by atoms with van der Waals surface area (Å²) in [5.41, 5.74) is 1.05. The Balaban J connectivity index is 1.55. The van der Waals surface area contributed by atoms with Crippen molar-refractivity contribution in [3.63, 3.8) is 0 Å². The van der Waals surface area contributed by atoms with Crippen molar-refractivity contribution in [3.8, 4) is 11.5 Å². The van der Waals surface area contributed by atoms with E-state index in [0.717, 1.165) is 18.4 Å². The number of rotatable bonds is 8. The van der Waals surface area contributed by atoms with Gasteiger partial charge in [-0.2, -0.15) is 5.10 Å². The second-order valence-electron chi connectivity index (χ2n) is 7.75. The second kappa shape index (κ2) is 9.26. The van der Waals surface area contributed by atoms with Crippen LogP contribution in [-0.4, -0.2) is 20.6 Å². The lowest BCUT2D eigenvalue weighted by Crippen LogP contribution is -2.21. The van der Waals surface area contributed by atoms with Crippen LogP contribution in [0.2, 0.25) is 0 Å². The number of amides is 1. The number of non-ortho nitro benzene ring substituents is 1. The molecule has 0 unspecified atom stereocenters. The standard InChI is InChI=1S/C22H19BrF2N4O4/c1-12-2-6-16(7-3-12)33-17-9-14(8-15(10-17)29(31)32)26-18(30)11-28-21(13-4-5-13)19(23)20(27-28)22(24)25/h2-3,6-10,13,22H,4-5,11H2,1H3,(H,26,30). The van der Waals surface area contributed by atoms with Crippen LogP contribution in [0.15, 0.2) is 46.9 Å². The highest BCUT2D eigenvalue weighted by atomic mass is 79.9. The van der Waals surface area contributed by atoms with Gasteiger partial charge < -0.3 is 10.1 Å². The van der Waals surface area contributed by atoms with Gasteiger partial charge >= 0.3 is 0 Å². The van der Waals surface area contributed by atoms with Crippen molar-refractivity contribution in [1.82, 2.24) is 9.78 Å². The summed E-state index contributed by atoms with van der Waals surface area (Å²) in [6.45, 7) is 1.61. The van der Waals surface area contributed by atoms with Gasteiger partial charge in [-0.3, -0.25) is 19.6 Å². The molecule has 0 bridgehead atoms. The number of hydrogen-bond acceptors (Lipinski definition) is 5. The van der Waals surface area contributed by atoms with Crippen LogP contribution in [0.1, 0.15) is 42.1 Å². The molecule has 1 fully saturated rings. The van der Waals surface area contributed by atoms with Gasteiger partial charge in [-0.25, -0.2) is 8.78 Å². The first-order valence-electron chi connectivity index (χ1n) is 10.1. The quantitative estimate of drug-likeness (QED) is 0.285. The largest absolute Gasteiger partial charge is 0.457 e. The maximum absolute atomic E-state index is 13.3. The van der Waals surface area contributed by atoms with Crippen molar-refractivity contribution < 1.29 is 23.2 Å². The Hall–Kier alpha value is -3.34. The Morgan fingerprint density at radius 1 is 1.27 bits per heavy atom. The minimum Gasteiger partial charge on any atom is -0.457 e. The molecule has 1 N–H and O–H groups in total. The molecule has 2 aromatic carbocycles. The van der Waals surface area contributed by atoms with Crippen molar-refractivity contribution in [2.24, 2.45) is 0 Å². The number of hydrogen-bond donors (Lipinski definition) is 1. The van der Waals surface area contributed by atoms with Crippen molar-refractivity contribution >= 4 is 33.2 Å². The molecule has 0 saturated heterocycles. The number of halogens is 3. The SMILES string of the molecule is Cc1ccc(Oc2cc(NC(=O)Cn3nc(C(F)F)c(Br)c3C3CC3)cc([N+](=O)[O-])c2)cc1. The van der Waals surface area contributed by atoms with Gasteiger partial charge in [0.1, 0.15) is 23.7 Å². The number of alkyl halides is 2. The molecule has 1 aromatic heterocycles. The number of carbonyl (C=O) groups is 1. The Morgan fingerprint density at radius 3 is 2.58 bits per heavy atom. The number of nitrogens with zero attached hydrogens (tertiary/aromatic N) is 3. The molecule has 33 heavy (non-hydrogen) atoms. The molecule has 0 aliphatic heterocycles. The fourth-order valence-corrected chi connectivity index (χ4v) is 4.16. The number of nitrogens with one attached hydrogen (secondary N) is 1. The molecule has 8 nitrogen and oxygen atoms in total. The van der Waals surface area contributed by atoms with Crippen molar-refractivity contribution in [1.29, 1.82) is 0 Å². The average molecular weight is 521 g/mol. The summed E-state index contributed by atoms with van der Waals surface area (Å²) in [6, 6.07) is 11.0. The van der Waals surface area contributed by atoms with Gasteiger partial charge in [-0.15, -0.1) is 0 Å². The minimum atomic E-state index is -2.78. The van der Waals surface area contributed by atoms with E-state index in [1.165, 1.54) is 22.9 Å². The third-order valence-electron chi connectivity index (χ3n) is 5.06. The summed E-state index contributed by atoms with van der Waals surface area (Å²) in [5.74, 6) is 0.159. The fourth-order valence-electron chi connectivity index (χ4n) is 3.38. The van der Waals surface area contributed by atoms with Crippen LogP contribution in [-0.2, 0) is 11.3 Å². The average Bonchev–Trinajstić information content (AvgIpc) is 3.52. The van der Waals surface area contributed by atoms with Gasteiger partial charge in [-0.05, 0) is 47.8 Å². The smallest absolute Gasteiger partial charge is 0.283 e. The third-order valence-corrected chi connectivity index (χ3v) is 5.88. The first-order valence-corrected chi connectivity index (χ1v) is 10.9. The lowest BCUT2D eigenvalue weighted by Gasteiger charge is -2.11. The molecule has 11 heteroatoms. The van der Waals surface area contributed by atoms with Gasteiger partial charge in [0.25, 0.3) is 12.1 Å². The highest BCUT2D eigenvalue weighted by Crippen LogP contribution is 2.45. The summed E-state index contributed by atoms with van der Waals surface area (Å²) >= 11 is 3.18. The topological polar surface area (TPSA) is 99.3 Å². The number of nitro groups is 1. The van der Waals surface area contributed by atoms with Gasteiger partial charge in [0.15, 0.2) is 0 Å². The van der Waals surface area contributed by atoms with Gasteiger partial charge in [0, 0.05) is 18.1 Å². The van der Waals surface area contributed by atoms with E-state index >= 15 is 0 Å². The minimum absolute atomic E-state index is 0.0690. The molecular weight excluding hydrogens is 502 g/mol. The maximum atomic E-state index is 13.3. The number of anilines is 1. The Kier molecular flexibility index (Phi) is 6.41. The fraction of sp³-hybridized carbons (Fsp3) is 0.273. The first kappa shape index (κ1) is 22.8. The van der Waals surface area contributed by atoms with E-state index in [9.17, 15) is 23.7 Å². The van der Waals surface area contributed by atoms with E-state index in [0.29, 0.717) is 11.4 Å². The van der Waals surface area contributed by atoms with E-state index in [1.54, 1.807) is 12.1 Å². The molecular formula is C22H19BrF2N4O4. The Morgan fingerprint density at radius 2 is 1.97 bits per heavy atom. The van der Waals surface area contributed by atoms with Crippen LogP contribution >= 0.6 is 15.9 Å². The molecule has 1 saturated carbocycles. The van der Waals surface area contributed by atoms with E-state index in [4.69, 9.17) is 4.74 Å². The molecule has 0 atom stereocenters. The van der Waals surface area contributed by atoms with E-state index < -0.39 is 22.9 Å². The lowest BCUT2D eigenvalue weighted by atomic mass is 10.2. The lowest BCUT2D eigenvalue weighted by molar-refractivity contribution is -0.384. The number of benzene rings is 2. The molecule has 4 rings (SSSR count). The molecule has 1 amide bonds. The Bertz CT molecular complexity index is 1210. The highest BCUT2D eigenvalue weighted by Gasteiger charge is 2.34. The Labute approximate surface area is 195 Å². The van der Waals surface area contributed by atoms with Crippen LogP contribution < -0.4 is 10.1 Å². The van der Waals surface area contributed by atoms with Crippen molar-refractivity contribution in [2.45, 2.75) is 38.7 Å². The summed E-state index contributed by atoms with van der Waals surface area (Å²) < 4.78 is 33.7. The molecule has 1 heterocycles. The van der Waals surface area contributed by atoms with E-state index in [2.05, 4.69) is 26.3 Å². The van der Waals surface area contributed by atoms with Crippen LogP contribution in [0, 0.1) is 17.0 Å². The number of carbonyl (C=O) groups excluding carboxylic acids is 1. The van der Waals surface area contributed by atoms with Gasteiger partial charge in [0.2, 0.25) is 5.91 Å². The normalized spacial score (nSPS) is 13.2. The number of aryl methyl sites for hydroxylation is 1. The summed E-state index contributed by atoms with van der Waals surface area (Å²) in [5, 5.41) is 17.8. The molecule has 3 aromatic rings. The summed E-state index contributed by atoms with van der Waals surface area (Å²) in [6.07, 6.45) is -1.11. The van der Waals surface area contributed by atoms with Crippen molar-refractivity contribution in [3.05, 3.63) is 74.0 Å². The predicted octanol–water partition coefficient (Wildman–Crippen LogP) is 6.11. The van der Waals surface area contributed by atoms with Gasteiger partial charge in [0.05, 0.1) is 26.8 Å².